The van der Waals surface area contributed by atoms with Gasteiger partial charge in [-0.2, -0.15) is 17.7 Å². The topological polar surface area (TPSA) is 53.2 Å². The predicted molar refractivity (Wildman–Crippen MR) is 84.3 cm³/mol. The molecular formula is C17H20F3N2O2Y+. The van der Waals surface area contributed by atoms with Crippen molar-refractivity contribution in [3.63, 3.8) is 0 Å². The molecule has 0 atom stereocenters. The first-order valence-corrected chi connectivity index (χ1v) is 7.14. The first-order valence-electron chi connectivity index (χ1n) is 7.14. The Bertz CT molecular complexity index is 686. The summed E-state index contributed by atoms with van der Waals surface area (Å²) in [5, 5.41) is 9.74. The summed E-state index contributed by atoms with van der Waals surface area (Å²) >= 11 is 0. The number of hydrogen-bond donors (Lipinski definition) is 2. The molecule has 1 aromatic carbocycles. The Morgan fingerprint density at radius 2 is 1.68 bits per heavy atom. The van der Waals surface area contributed by atoms with Gasteiger partial charge in [0, 0.05) is 51.6 Å². The number of aromatic nitrogens is 1. The number of aliphatic hydroxyl groups is 1. The van der Waals surface area contributed by atoms with E-state index in [1.807, 2.05) is 32.0 Å². The summed E-state index contributed by atoms with van der Waals surface area (Å²) in [7, 11) is 1.00. The Kier molecular flexibility index (Phi) is 10.1. The maximum atomic E-state index is 12.6. The van der Waals surface area contributed by atoms with E-state index in [9.17, 15) is 18.0 Å². The van der Waals surface area contributed by atoms with E-state index in [2.05, 4.69) is 5.32 Å². The molecule has 2 rings (SSSR count). The SMILES string of the molecule is CO.Cc1cccc(C)c1NC(=O)C[n+]1cccc(C(F)(F)F)c1.[Y]. The second-order valence-corrected chi connectivity index (χ2v) is 5.08. The number of anilines is 1. The minimum absolute atomic E-state index is 0. The molecule has 4 nitrogen and oxygen atoms in total. The average Bonchev–Trinajstić information content (AvgIpc) is 2.52. The van der Waals surface area contributed by atoms with Crippen LogP contribution in [0.5, 0.6) is 0 Å². The molecule has 0 aliphatic carbocycles. The molecule has 25 heavy (non-hydrogen) atoms. The van der Waals surface area contributed by atoms with Crippen molar-refractivity contribution in [1.82, 2.24) is 0 Å². The van der Waals surface area contributed by atoms with Crippen LogP contribution in [0.2, 0.25) is 0 Å². The number of pyridine rings is 1. The van der Waals surface area contributed by atoms with Gasteiger partial charge in [0.25, 0.3) is 5.91 Å². The van der Waals surface area contributed by atoms with Crippen LogP contribution in [0.3, 0.4) is 0 Å². The van der Waals surface area contributed by atoms with Crippen LogP contribution in [0.15, 0.2) is 42.7 Å². The maximum Gasteiger partial charge on any atom is 0.422 e. The third kappa shape index (κ3) is 7.22. The number of benzene rings is 1. The van der Waals surface area contributed by atoms with Gasteiger partial charge in [-0.1, -0.05) is 18.2 Å². The molecule has 1 radical (unpaired) electrons. The Morgan fingerprint density at radius 1 is 1.12 bits per heavy atom. The molecule has 1 aromatic heterocycles. The number of carbonyl (C=O) groups is 1. The maximum absolute atomic E-state index is 12.6. The third-order valence-electron chi connectivity index (χ3n) is 3.26. The minimum Gasteiger partial charge on any atom is -0.400 e. The molecule has 0 saturated heterocycles. The van der Waals surface area contributed by atoms with Gasteiger partial charge in [-0.15, -0.1) is 0 Å². The standard InChI is InChI=1S/C16H15F3N2O.CH4O.Y/c1-11-5-3-6-12(2)15(11)20-14(22)10-21-8-4-7-13(9-21)16(17,18)19;1-2;/h3-9H,10H2,1-2H3;2H,1H3;/p+1. The monoisotopic (exact) mass is 430 g/mol. The van der Waals surface area contributed by atoms with Crippen molar-refractivity contribution in [2.45, 2.75) is 26.6 Å². The second kappa shape index (κ2) is 10.6. The van der Waals surface area contributed by atoms with Crippen LogP contribution in [-0.4, -0.2) is 18.1 Å². The first-order chi connectivity index (χ1) is 11.3. The number of carbonyl (C=O) groups excluding carboxylic acids is 1. The van der Waals surface area contributed by atoms with E-state index in [-0.39, 0.29) is 45.2 Å². The van der Waals surface area contributed by atoms with E-state index in [1.165, 1.54) is 16.8 Å². The number of rotatable bonds is 3. The van der Waals surface area contributed by atoms with Gasteiger partial charge in [0.1, 0.15) is 5.56 Å². The van der Waals surface area contributed by atoms with Crippen molar-refractivity contribution >= 4 is 11.6 Å². The molecule has 0 bridgehead atoms. The quantitative estimate of drug-likeness (QED) is 0.737. The molecule has 1 heterocycles. The summed E-state index contributed by atoms with van der Waals surface area (Å²) in [6.07, 6.45) is -2.07. The van der Waals surface area contributed by atoms with Gasteiger partial charge >= 0.3 is 6.18 Å². The van der Waals surface area contributed by atoms with Gasteiger partial charge in [0.2, 0.25) is 6.54 Å². The van der Waals surface area contributed by atoms with Gasteiger partial charge in [-0.25, -0.2) is 0 Å². The zero-order valence-corrected chi connectivity index (χ0v) is 17.1. The number of aryl methyl sites for hydroxylation is 2. The summed E-state index contributed by atoms with van der Waals surface area (Å²) in [6, 6.07) is 7.84. The van der Waals surface area contributed by atoms with Gasteiger partial charge in [-0.3, -0.25) is 4.79 Å². The molecule has 0 saturated carbocycles. The van der Waals surface area contributed by atoms with E-state index in [0.717, 1.165) is 30.5 Å². The van der Waals surface area contributed by atoms with Crippen molar-refractivity contribution in [1.29, 1.82) is 0 Å². The fraction of sp³-hybridized carbons (Fsp3) is 0.294. The molecule has 2 N–H and O–H groups in total. The van der Waals surface area contributed by atoms with Gasteiger partial charge < -0.3 is 10.4 Å². The zero-order chi connectivity index (χ0) is 18.3. The number of para-hydroxylation sites is 1. The number of alkyl halides is 3. The van der Waals surface area contributed by atoms with E-state index >= 15 is 0 Å². The van der Waals surface area contributed by atoms with Crippen LogP contribution in [0.4, 0.5) is 18.9 Å². The molecule has 2 aromatic rings. The van der Waals surface area contributed by atoms with E-state index in [4.69, 9.17) is 5.11 Å². The van der Waals surface area contributed by atoms with Gasteiger partial charge in [0.15, 0.2) is 12.4 Å². The summed E-state index contributed by atoms with van der Waals surface area (Å²) in [5.41, 5.74) is 1.72. The van der Waals surface area contributed by atoms with Crippen LogP contribution >= 0.6 is 0 Å². The number of aliphatic hydroxyl groups excluding tert-OH is 1. The molecule has 0 fully saturated rings. The number of hydrogen-bond acceptors (Lipinski definition) is 2. The van der Waals surface area contributed by atoms with Crippen molar-refractivity contribution < 1.29 is 60.3 Å². The number of amides is 1. The normalized spacial score (nSPS) is 10.2. The summed E-state index contributed by atoms with van der Waals surface area (Å²) in [6.45, 7) is 3.54. The number of nitrogens with zero attached hydrogens (tertiary/aromatic N) is 1. The molecule has 0 aliphatic rings. The number of halogens is 3. The second-order valence-electron chi connectivity index (χ2n) is 5.08. The fourth-order valence-electron chi connectivity index (χ4n) is 2.14. The predicted octanol–water partition coefficient (Wildman–Crippen LogP) is 2.85. The Balaban J connectivity index is 0.00000185. The molecule has 0 aliphatic heterocycles. The van der Waals surface area contributed by atoms with Crippen LogP contribution in [0.1, 0.15) is 16.7 Å². The molecule has 1 amide bonds. The van der Waals surface area contributed by atoms with E-state index < -0.39 is 11.7 Å². The summed E-state index contributed by atoms with van der Waals surface area (Å²) in [5.74, 6) is -0.373. The minimum atomic E-state index is -4.42. The van der Waals surface area contributed by atoms with Crippen molar-refractivity contribution in [2.75, 3.05) is 12.4 Å². The molecule has 0 spiro atoms. The molecule has 8 heteroatoms. The average molecular weight is 430 g/mol. The van der Waals surface area contributed by atoms with Gasteiger partial charge in [0.05, 0.1) is 0 Å². The largest absolute Gasteiger partial charge is 0.422 e. The fourth-order valence-corrected chi connectivity index (χ4v) is 2.14. The van der Waals surface area contributed by atoms with Crippen molar-refractivity contribution in [3.8, 4) is 0 Å². The smallest absolute Gasteiger partial charge is 0.400 e. The Labute approximate surface area is 169 Å². The van der Waals surface area contributed by atoms with E-state index in [1.54, 1.807) is 0 Å². The van der Waals surface area contributed by atoms with Crippen LogP contribution in [0, 0.1) is 13.8 Å². The molecular weight excluding hydrogens is 410 g/mol. The third-order valence-corrected chi connectivity index (χ3v) is 3.26. The Hall–Kier alpha value is -1.31. The Morgan fingerprint density at radius 3 is 2.20 bits per heavy atom. The van der Waals surface area contributed by atoms with Crippen LogP contribution in [-0.2, 0) is 50.2 Å². The van der Waals surface area contributed by atoms with Gasteiger partial charge in [-0.05, 0) is 31.0 Å². The van der Waals surface area contributed by atoms with E-state index in [0.29, 0.717) is 5.69 Å². The van der Waals surface area contributed by atoms with Crippen molar-refractivity contribution in [2.24, 2.45) is 0 Å². The van der Waals surface area contributed by atoms with Crippen LogP contribution in [0.25, 0.3) is 0 Å². The molecule has 0 unspecified atom stereocenters. The summed E-state index contributed by atoms with van der Waals surface area (Å²) < 4.78 is 39.1. The first kappa shape index (κ1) is 23.7. The molecule has 133 valence electrons. The zero-order valence-electron chi connectivity index (χ0n) is 14.3. The summed E-state index contributed by atoms with van der Waals surface area (Å²) in [4.78, 5) is 12.0. The van der Waals surface area contributed by atoms with Crippen LogP contribution < -0.4 is 9.88 Å². The number of nitrogens with one attached hydrogen (secondary N) is 1. The van der Waals surface area contributed by atoms with Crippen molar-refractivity contribution in [3.05, 3.63) is 59.4 Å².